The van der Waals surface area contributed by atoms with E-state index >= 15 is 0 Å². The van der Waals surface area contributed by atoms with Crippen molar-refractivity contribution in [2.75, 3.05) is 0 Å². The van der Waals surface area contributed by atoms with Crippen molar-refractivity contribution in [3.63, 3.8) is 0 Å². The van der Waals surface area contributed by atoms with Gasteiger partial charge in [0.15, 0.2) is 0 Å². The molecule has 0 atom stereocenters. The normalized spacial score (nSPS) is 10.7. The van der Waals surface area contributed by atoms with E-state index in [1.165, 1.54) is 18.2 Å². The standard InChI is InChI=1S/C11H7BrF2N2O3/c12-7-9(17)15-8(16-10(7)18)5-3-1-2-4-6(5)19-11(13)14/h1-4,11H,(H2,15,16,17,18). The molecule has 1 aromatic carbocycles. The van der Waals surface area contributed by atoms with Gasteiger partial charge < -0.3 is 14.8 Å². The third kappa shape index (κ3) is 2.90. The number of aromatic nitrogens is 2. The second kappa shape index (κ2) is 5.35. The maximum Gasteiger partial charge on any atom is 0.387 e. The first-order chi connectivity index (χ1) is 8.99. The molecule has 1 heterocycles. The minimum atomic E-state index is -3.00. The Morgan fingerprint density at radius 2 is 2.05 bits per heavy atom. The highest BCUT2D eigenvalue weighted by molar-refractivity contribution is 9.10. The van der Waals surface area contributed by atoms with E-state index < -0.39 is 18.1 Å². The van der Waals surface area contributed by atoms with Crippen LogP contribution in [0.15, 0.2) is 33.5 Å². The molecule has 0 fully saturated rings. The number of alkyl halides is 2. The number of benzene rings is 1. The van der Waals surface area contributed by atoms with Crippen molar-refractivity contribution < 1.29 is 18.6 Å². The molecule has 0 radical (unpaired) electrons. The summed E-state index contributed by atoms with van der Waals surface area (Å²) in [6, 6.07) is 5.80. The lowest BCUT2D eigenvalue weighted by Gasteiger charge is -2.10. The van der Waals surface area contributed by atoms with Crippen LogP contribution in [0.4, 0.5) is 8.78 Å². The van der Waals surface area contributed by atoms with Crippen LogP contribution in [0.5, 0.6) is 11.6 Å². The summed E-state index contributed by atoms with van der Waals surface area (Å²) in [5, 5.41) is 9.45. The van der Waals surface area contributed by atoms with Gasteiger partial charge in [-0.15, -0.1) is 0 Å². The lowest BCUT2D eigenvalue weighted by atomic mass is 10.2. The van der Waals surface area contributed by atoms with E-state index in [-0.39, 0.29) is 21.6 Å². The van der Waals surface area contributed by atoms with Crippen LogP contribution < -0.4 is 10.3 Å². The van der Waals surface area contributed by atoms with Crippen molar-refractivity contribution in [2.24, 2.45) is 0 Å². The lowest BCUT2D eigenvalue weighted by Crippen LogP contribution is -2.11. The summed E-state index contributed by atoms with van der Waals surface area (Å²) in [4.78, 5) is 17.5. The van der Waals surface area contributed by atoms with Gasteiger partial charge in [-0.1, -0.05) is 12.1 Å². The Bertz CT molecular complexity index is 661. The van der Waals surface area contributed by atoms with Crippen molar-refractivity contribution in [3.05, 3.63) is 39.1 Å². The number of ether oxygens (including phenoxy) is 1. The van der Waals surface area contributed by atoms with Crippen molar-refractivity contribution >= 4 is 15.9 Å². The SMILES string of the molecule is O=c1[nH]c(-c2ccccc2OC(F)F)nc(O)c1Br. The van der Waals surface area contributed by atoms with Crippen LogP contribution >= 0.6 is 15.9 Å². The Kier molecular flexibility index (Phi) is 3.79. The molecule has 100 valence electrons. The molecule has 2 aromatic rings. The summed E-state index contributed by atoms with van der Waals surface area (Å²) in [6.45, 7) is -3.00. The molecule has 0 aliphatic heterocycles. The predicted octanol–water partition coefficient (Wildman–Crippen LogP) is 2.51. The molecule has 1 aromatic heterocycles. The van der Waals surface area contributed by atoms with E-state index in [0.717, 1.165) is 0 Å². The minimum Gasteiger partial charge on any atom is -0.492 e. The molecule has 0 saturated carbocycles. The molecule has 0 aliphatic rings. The number of nitrogens with zero attached hydrogens (tertiary/aromatic N) is 1. The van der Waals surface area contributed by atoms with Gasteiger partial charge in [0.2, 0.25) is 5.88 Å². The maximum atomic E-state index is 12.3. The number of rotatable bonds is 3. The molecule has 0 unspecified atom stereocenters. The van der Waals surface area contributed by atoms with Gasteiger partial charge in [-0.05, 0) is 28.1 Å². The number of aromatic amines is 1. The average molecular weight is 333 g/mol. The summed E-state index contributed by atoms with van der Waals surface area (Å²) in [5.41, 5.74) is -0.489. The first kappa shape index (κ1) is 13.5. The van der Waals surface area contributed by atoms with Crippen molar-refractivity contribution in [1.29, 1.82) is 0 Å². The van der Waals surface area contributed by atoms with Crippen molar-refractivity contribution in [1.82, 2.24) is 9.97 Å². The second-order valence-corrected chi connectivity index (χ2v) is 4.22. The van der Waals surface area contributed by atoms with Gasteiger partial charge in [-0.2, -0.15) is 13.8 Å². The zero-order valence-electron chi connectivity index (χ0n) is 9.23. The number of halogens is 3. The molecule has 0 saturated heterocycles. The van der Waals surface area contributed by atoms with Gasteiger partial charge in [-0.25, -0.2) is 0 Å². The molecule has 5 nitrogen and oxygen atoms in total. The zero-order valence-corrected chi connectivity index (χ0v) is 10.8. The van der Waals surface area contributed by atoms with E-state index in [9.17, 15) is 18.7 Å². The molecule has 0 amide bonds. The highest BCUT2D eigenvalue weighted by atomic mass is 79.9. The molecular formula is C11H7BrF2N2O3. The molecular weight excluding hydrogens is 326 g/mol. The summed E-state index contributed by atoms with van der Waals surface area (Å²) < 4.78 is 28.7. The lowest BCUT2D eigenvalue weighted by molar-refractivity contribution is -0.0494. The van der Waals surface area contributed by atoms with Gasteiger partial charge in [0.05, 0.1) is 5.56 Å². The number of aromatic hydroxyl groups is 1. The number of para-hydroxylation sites is 1. The zero-order chi connectivity index (χ0) is 14.0. The van der Waals surface area contributed by atoms with E-state index in [1.807, 2.05) is 0 Å². The third-order valence-corrected chi connectivity index (χ3v) is 2.92. The fourth-order valence-corrected chi connectivity index (χ4v) is 1.62. The summed E-state index contributed by atoms with van der Waals surface area (Å²) in [7, 11) is 0. The Balaban J connectivity index is 2.56. The van der Waals surface area contributed by atoms with Gasteiger partial charge in [0.25, 0.3) is 5.56 Å². The molecule has 0 spiro atoms. The van der Waals surface area contributed by atoms with Crippen LogP contribution in [0.3, 0.4) is 0 Å². The van der Waals surface area contributed by atoms with Crippen LogP contribution in [0.25, 0.3) is 11.4 Å². The Labute approximate surface area is 114 Å². The van der Waals surface area contributed by atoms with Gasteiger partial charge >= 0.3 is 6.61 Å². The summed E-state index contributed by atoms with van der Waals surface area (Å²) >= 11 is 2.84. The fraction of sp³-hybridized carbons (Fsp3) is 0.0909. The van der Waals surface area contributed by atoms with E-state index in [2.05, 4.69) is 30.6 Å². The average Bonchev–Trinajstić information content (AvgIpc) is 2.35. The fourth-order valence-electron chi connectivity index (χ4n) is 1.44. The third-order valence-electron chi connectivity index (χ3n) is 2.20. The molecule has 8 heteroatoms. The molecule has 19 heavy (non-hydrogen) atoms. The number of nitrogens with one attached hydrogen (secondary N) is 1. The topological polar surface area (TPSA) is 75.2 Å². The first-order valence-corrected chi connectivity index (χ1v) is 5.81. The highest BCUT2D eigenvalue weighted by Gasteiger charge is 2.15. The van der Waals surface area contributed by atoms with E-state index in [1.54, 1.807) is 6.07 Å². The number of H-pyrrole nitrogens is 1. The molecule has 0 aliphatic carbocycles. The molecule has 2 N–H and O–H groups in total. The first-order valence-electron chi connectivity index (χ1n) is 5.02. The van der Waals surface area contributed by atoms with Crippen LogP contribution in [0.2, 0.25) is 0 Å². The second-order valence-electron chi connectivity index (χ2n) is 3.43. The molecule has 0 bridgehead atoms. The Hall–Kier alpha value is -1.96. The van der Waals surface area contributed by atoms with Crippen molar-refractivity contribution in [3.8, 4) is 23.0 Å². The Morgan fingerprint density at radius 3 is 2.68 bits per heavy atom. The summed E-state index contributed by atoms with van der Waals surface area (Å²) in [6.07, 6.45) is 0. The predicted molar refractivity (Wildman–Crippen MR) is 66.3 cm³/mol. The smallest absolute Gasteiger partial charge is 0.387 e. The quantitative estimate of drug-likeness (QED) is 0.905. The van der Waals surface area contributed by atoms with Crippen LogP contribution in [0, 0.1) is 0 Å². The van der Waals surface area contributed by atoms with Gasteiger partial charge in [0, 0.05) is 0 Å². The number of hydrogen-bond acceptors (Lipinski definition) is 4. The van der Waals surface area contributed by atoms with E-state index in [0.29, 0.717) is 0 Å². The highest BCUT2D eigenvalue weighted by Crippen LogP contribution is 2.29. The van der Waals surface area contributed by atoms with E-state index in [4.69, 9.17) is 0 Å². The largest absolute Gasteiger partial charge is 0.492 e. The van der Waals surface area contributed by atoms with Gasteiger partial charge in [0.1, 0.15) is 16.0 Å². The minimum absolute atomic E-state index is 0.0676. The van der Waals surface area contributed by atoms with Crippen LogP contribution in [-0.2, 0) is 0 Å². The maximum absolute atomic E-state index is 12.3. The van der Waals surface area contributed by atoms with Gasteiger partial charge in [-0.3, -0.25) is 4.79 Å². The van der Waals surface area contributed by atoms with Crippen LogP contribution in [-0.4, -0.2) is 21.7 Å². The monoisotopic (exact) mass is 332 g/mol. The van der Waals surface area contributed by atoms with Crippen molar-refractivity contribution in [2.45, 2.75) is 6.61 Å². The molecule has 2 rings (SSSR count). The summed E-state index contributed by atoms with van der Waals surface area (Å²) in [5.74, 6) is -0.755. The Morgan fingerprint density at radius 1 is 1.37 bits per heavy atom. The number of hydrogen-bond donors (Lipinski definition) is 2. The van der Waals surface area contributed by atoms with Crippen LogP contribution in [0.1, 0.15) is 0 Å².